The van der Waals surface area contributed by atoms with Crippen LogP contribution in [0.15, 0.2) is 24.3 Å². The van der Waals surface area contributed by atoms with Crippen LogP contribution < -0.4 is 4.52 Å². The molecule has 0 saturated heterocycles. The van der Waals surface area contributed by atoms with E-state index in [4.69, 9.17) is 33.6 Å². The summed E-state index contributed by atoms with van der Waals surface area (Å²) in [5.41, 5.74) is 0. The summed E-state index contributed by atoms with van der Waals surface area (Å²) in [7, 11) is -4.19. The van der Waals surface area contributed by atoms with Crippen LogP contribution in [0.5, 0.6) is 5.75 Å². The lowest BCUT2D eigenvalue weighted by Crippen LogP contribution is -1.90. The maximum absolute atomic E-state index is 10.8. The van der Waals surface area contributed by atoms with Crippen LogP contribution in [0.4, 0.5) is 0 Å². The van der Waals surface area contributed by atoms with E-state index in [-0.39, 0.29) is 5.75 Å². The van der Waals surface area contributed by atoms with Gasteiger partial charge in [-0.15, -0.1) is 0 Å². The number of phosphoric acid groups is 1. The average Bonchev–Trinajstić information content (AvgIpc) is 2.32. The summed E-state index contributed by atoms with van der Waals surface area (Å²) in [4.78, 5) is 8.79. The predicted molar refractivity (Wildman–Crippen MR) is 64.7 cm³/mol. The van der Waals surface area contributed by atoms with Crippen LogP contribution in [0, 0.1) is 11.3 Å². The number of hydrogen-bond donors (Lipinski definition) is 1. The molecule has 0 bridgehead atoms. The van der Waals surface area contributed by atoms with E-state index in [0.29, 0.717) is 11.4 Å². The highest BCUT2D eigenvalue weighted by atomic mass is 35.5. The summed E-state index contributed by atoms with van der Waals surface area (Å²) >= 11 is 10.3. The van der Waals surface area contributed by atoms with Crippen LogP contribution in [0.25, 0.3) is 0 Å². The van der Waals surface area contributed by atoms with Gasteiger partial charge in [0.2, 0.25) is 0 Å². The zero-order valence-electron chi connectivity index (χ0n) is 8.84. The second-order valence-corrected chi connectivity index (χ2v) is 4.70. The third-order valence-electron chi connectivity index (χ3n) is 1.28. The molecule has 0 aliphatic rings. The van der Waals surface area contributed by atoms with E-state index in [9.17, 15) is 4.57 Å². The van der Waals surface area contributed by atoms with Crippen molar-refractivity contribution in [3.05, 3.63) is 29.3 Å². The van der Waals surface area contributed by atoms with Crippen molar-refractivity contribution in [1.29, 1.82) is 5.26 Å². The van der Waals surface area contributed by atoms with E-state index >= 15 is 0 Å². The number of nitrogens with zero attached hydrogens (tertiary/aromatic N) is 1. The Bertz CT molecular complexity index is 418. The Morgan fingerprint density at radius 2 is 1.94 bits per heavy atom. The minimum absolute atomic E-state index is 0.149. The van der Waals surface area contributed by atoms with E-state index in [1.54, 1.807) is 0 Å². The van der Waals surface area contributed by atoms with Crippen molar-refractivity contribution in [1.82, 2.24) is 0 Å². The Morgan fingerprint density at radius 3 is 2.29 bits per heavy atom. The SMILES string of the molecule is CCC#N.O=P(O)(OCl)Oc1ccc(Cl)cc1. The summed E-state index contributed by atoms with van der Waals surface area (Å²) in [6.07, 6.45) is 0.625. The van der Waals surface area contributed by atoms with Gasteiger partial charge in [0, 0.05) is 11.4 Å². The lowest BCUT2D eigenvalue weighted by atomic mass is 10.3. The molecule has 0 aromatic heterocycles. The Morgan fingerprint density at radius 1 is 1.47 bits per heavy atom. The Balaban J connectivity index is 0.000000557. The smallest absolute Gasteiger partial charge is 0.403 e. The summed E-state index contributed by atoms with van der Waals surface area (Å²) in [6, 6.07) is 7.78. The molecule has 0 spiro atoms. The molecule has 0 aliphatic heterocycles. The van der Waals surface area contributed by atoms with Gasteiger partial charge in [-0.1, -0.05) is 18.5 Å². The first-order chi connectivity index (χ1) is 7.95. The van der Waals surface area contributed by atoms with Crippen molar-refractivity contribution >= 4 is 31.3 Å². The number of nitriles is 1. The van der Waals surface area contributed by atoms with Gasteiger partial charge in [0.25, 0.3) is 0 Å². The summed E-state index contributed by atoms with van der Waals surface area (Å²) in [5.74, 6) is 0.149. The molecule has 1 unspecified atom stereocenters. The van der Waals surface area contributed by atoms with Gasteiger partial charge in [0.1, 0.15) is 5.75 Å². The highest BCUT2D eigenvalue weighted by molar-refractivity contribution is 7.48. The van der Waals surface area contributed by atoms with E-state index in [0.717, 1.165) is 0 Å². The van der Waals surface area contributed by atoms with Crippen molar-refractivity contribution in [2.24, 2.45) is 0 Å². The van der Waals surface area contributed by atoms with Crippen molar-refractivity contribution in [2.75, 3.05) is 0 Å². The molecule has 1 aromatic rings. The fraction of sp³-hybridized carbons (Fsp3) is 0.222. The average molecular weight is 298 g/mol. The molecule has 17 heavy (non-hydrogen) atoms. The highest BCUT2D eigenvalue weighted by Gasteiger charge is 2.22. The maximum atomic E-state index is 10.8. The molecule has 0 saturated carbocycles. The molecular weight excluding hydrogens is 288 g/mol. The van der Waals surface area contributed by atoms with Crippen molar-refractivity contribution in [2.45, 2.75) is 13.3 Å². The lowest BCUT2D eigenvalue weighted by Gasteiger charge is -2.07. The standard InChI is InChI=1S/C6H5Cl2O4P.C3H5N/c7-5-1-3-6(4-2-5)11-13(9,10)12-8;1-2-3-4/h1-4H,(H,9,10);2H2,1H3. The second kappa shape index (κ2) is 8.35. The van der Waals surface area contributed by atoms with Gasteiger partial charge in [0.15, 0.2) is 0 Å². The molecule has 1 N–H and O–H groups in total. The number of hydrogen-bond acceptors (Lipinski definition) is 4. The molecule has 0 aliphatic carbocycles. The summed E-state index contributed by atoms with van der Waals surface area (Å²) < 4.78 is 19.0. The first kappa shape index (κ1) is 16.2. The normalized spacial score (nSPS) is 12.6. The van der Waals surface area contributed by atoms with Crippen molar-refractivity contribution in [3.8, 4) is 11.8 Å². The van der Waals surface area contributed by atoms with Gasteiger partial charge in [-0.2, -0.15) is 9.34 Å². The molecular formula is C9H10Cl2NO4P. The molecule has 94 valence electrons. The minimum atomic E-state index is -4.19. The van der Waals surface area contributed by atoms with Gasteiger partial charge in [-0.25, -0.2) is 4.57 Å². The molecule has 0 heterocycles. The fourth-order valence-corrected chi connectivity index (χ4v) is 1.27. The first-order valence-electron chi connectivity index (χ1n) is 4.40. The van der Waals surface area contributed by atoms with Gasteiger partial charge < -0.3 is 4.52 Å². The van der Waals surface area contributed by atoms with Crippen LogP contribution in [0.3, 0.4) is 0 Å². The molecule has 1 atom stereocenters. The zero-order valence-corrected chi connectivity index (χ0v) is 11.2. The third kappa shape index (κ3) is 8.03. The molecule has 0 amide bonds. The topological polar surface area (TPSA) is 79.6 Å². The van der Waals surface area contributed by atoms with E-state index in [1.165, 1.54) is 24.3 Å². The Labute approximate surface area is 109 Å². The predicted octanol–water partition coefficient (Wildman–Crippen LogP) is 3.91. The lowest BCUT2D eigenvalue weighted by molar-refractivity contribution is 0.300. The summed E-state index contributed by atoms with van der Waals surface area (Å²) in [6.45, 7) is 1.82. The fourth-order valence-electron chi connectivity index (χ4n) is 0.643. The molecule has 5 nitrogen and oxygen atoms in total. The van der Waals surface area contributed by atoms with Crippen LogP contribution in [-0.2, 0) is 8.64 Å². The molecule has 8 heteroatoms. The van der Waals surface area contributed by atoms with Crippen LogP contribution in [-0.4, -0.2) is 4.89 Å². The first-order valence-corrected chi connectivity index (χ1v) is 6.58. The number of phosphoric ester groups is 1. The van der Waals surface area contributed by atoms with Gasteiger partial charge >= 0.3 is 7.82 Å². The molecule has 1 rings (SSSR count). The summed E-state index contributed by atoms with van der Waals surface area (Å²) in [5, 5.41) is 8.12. The van der Waals surface area contributed by atoms with E-state index < -0.39 is 7.82 Å². The quantitative estimate of drug-likeness (QED) is 0.856. The largest absolute Gasteiger partial charge is 0.544 e. The minimum Gasteiger partial charge on any atom is -0.403 e. The molecule has 0 fully saturated rings. The molecule has 1 aromatic carbocycles. The van der Waals surface area contributed by atoms with Gasteiger partial charge in [-0.3, -0.25) is 4.89 Å². The van der Waals surface area contributed by atoms with E-state index in [1.807, 2.05) is 13.0 Å². The van der Waals surface area contributed by atoms with Crippen molar-refractivity contribution in [3.63, 3.8) is 0 Å². The monoisotopic (exact) mass is 297 g/mol. The third-order valence-corrected chi connectivity index (χ3v) is 2.67. The number of rotatable bonds is 3. The highest BCUT2D eigenvalue weighted by Crippen LogP contribution is 2.44. The second-order valence-electron chi connectivity index (χ2n) is 2.59. The van der Waals surface area contributed by atoms with Gasteiger partial charge in [-0.05, 0) is 24.3 Å². The zero-order chi connectivity index (χ0) is 13.3. The maximum Gasteiger partial charge on any atom is 0.544 e. The van der Waals surface area contributed by atoms with Gasteiger partial charge in [0.05, 0.1) is 17.9 Å². The Hall–Kier alpha value is -0.760. The number of benzene rings is 1. The Kier molecular flexibility index (Phi) is 7.98. The van der Waals surface area contributed by atoms with E-state index in [2.05, 4.69) is 8.60 Å². The number of halogens is 2. The van der Waals surface area contributed by atoms with Crippen LogP contribution in [0.2, 0.25) is 5.02 Å². The van der Waals surface area contributed by atoms with Crippen molar-refractivity contribution < 1.29 is 18.1 Å². The molecule has 0 radical (unpaired) electrons. The van der Waals surface area contributed by atoms with Crippen LogP contribution >= 0.6 is 31.3 Å². The van der Waals surface area contributed by atoms with Crippen LogP contribution in [0.1, 0.15) is 13.3 Å².